The molecule has 0 aromatic heterocycles. The minimum absolute atomic E-state index is 0.172. The fraction of sp³-hybridized carbons (Fsp3) is 0.600. The van der Waals surface area contributed by atoms with Gasteiger partial charge in [0.25, 0.3) is 0 Å². The van der Waals surface area contributed by atoms with Crippen LogP contribution in [0.4, 0.5) is 0 Å². The fourth-order valence-electron chi connectivity index (χ4n) is 3.43. The molecule has 2 unspecified atom stereocenters. The molecule has 2 aromatic rings. The minimum Gasteiger partial charge on any atom is -0.388 e. The van der Waals surface area contributed by atoms with Gasteiger partial charge in [-0.2, -0.15) is 0 Å². The fourth-order valence-corrected chi connectivity index (χ4v) is 3.43. The summed E-state index contributed by atoms with van der Waals surface area (Å²) in [4.78, 5) is 2.39. The molecule has 6 heteroatoms. The zero-order chi connectivity index (χ0) is 26.4. The predicted molar refractivity (Wildman–Crippen MR) is 145 cm³/mol. The van der Waals surface area contributed by atoms with Crippen LogP contribution in [-0.2, 0) is 32.0 Å². The predicted octanol–water partition coefficient (Wildman–Crippen LogP) is 5.08. The molecule has 2 rings (SSSR count). The summed E-state index contributed by atoms with van der Waals surface area (Å²) in [5.41, 5.74) is 1.97. The maximum atomic E-state index is 10.3. The molecule has 0 amide bonds. The van der Waals surface area contributed by atoms with Gasteiger partial charge in [0.1, 0.15) is 12.2 Å². The normalized spacial score (nSPS) is 14.2. The zero-order valence-electron chi connectivity index (χ0n) is 23.1. The third kappa shape index (κ3) is 14.7. The van der Waals surface area contributed by atoms with Crippen molar-refractivity contribution >= 4 is 0 Å². The van der Waals surface area contributed by atoms with E-state index in [2.05, 4.69) is 53.4 Å². The van der Waals surface area contributed by atoms with Crippen molar-refractivity contribution in [2.45, 2.75) is 78.0 Å². The first-order chi connectivity index (χ1) is 17.0. The Labute approximate surface area is 218 Å². The van der Waals surface area contributed by atoms with E-state index in [1.165, 1.54) is 11.1 Å². The van der Waals surface area contributed by atoms with Gasteiger partial charge in [0.15, 0.2) is 0 Å². The van der Waals surface area contributed by atoms with Crippen molar-refractivity contribution in [3.8, 4) is 0 Å². The van der Waals surface area contributed by atoms with Gasteiger partial charge in [0, 0.05) is 19.6 Å². The van der Waals surface area contributed by atoms with E-state index in [1.54, 1.807) is 0 Å². The third-order valence-electron chi connectivity index (χ3n) is 5.29. The van der Waals surface area contributed by atoms with Crippen molar-refractivity contribution in [1.29, 1.82) is 0 Å². The molecule has 36 heavy (non-hydrogen) atoms. The second-order valence-corrected chi connectivity index (χ2v) is 11.2. The van der Waals surface area contributed by atoms with Crippen LogP contribution in [0.25, 0.3) is 0 Å². The number of aliphatic hydroxyl groups excluding tert-OH is 1. The number of ether oxygens (including phenoxy) is 4. The number of rotatable bonds is 16. The van der Waals surface area contributed by atoms with Crippen LogP contribution in [0.5, 0.6) is 0 Å². The lowest BCUT2D eigenvalue weighted by Crippen LogP contribution is -2.36. The Morgan fingerprint density at radius 2 is 1.19 bits per heavy atom. The van der Waals surface area contributed by atoms with Crippen LogP contribution in [0.1, 0.15) is 52.7 Å². The van der Waals surface area contributed by atoms with E-state index in [0.29, 0.717) is 19.8 Å². The average molecular weight is 502 g/mol. The lowest BCUT2D eigenvalue weighted by atomic mass is 10.1. The number of hydrogen-bond acceptors (Lipinski definition) is 6. The van der Waals surface area contributed by atoms with Crippen LogP contribution in [0.3, 0.4) is 0 Å². The van der Waals surface area contributed by atoms with Gasteiger partial charge in [-0.3, -0.25) is 4.90 Å². The second kappa shape index (κ2) is 15.5. The van der Waals surface area contributed by atoms with Gasteiger partial charge >= 0.3 is 0 Å². The largest absolute Gasteiger partial charge is 0.388 e. The Morgan fingerprint density at radius 3 is 1.69 bits per heavy atom. The summed E-state index contributed by atoms with van der Waals surface area (Å²) < 4.78 is 23.6. The van der Waals surface area contributed by atoms with Gasteiger partial charge < -0.3 is 24.1 Å². The second-order valence-electron chi connectivity index (χ2n) is 11.2. The van der Waals surface area contributed by atoms with Crippen molar-refractivity contribution in [3.63, 3.8) is 0 Å². The number of aliphatic hydroxyl groups is 1. The molecule has 6 nitrogen and oxygen atoms in total. The third-order valence-corrected chi connectivity index (χ3v) is 5.29. The molecule has 0 fully saturated rings. The molecule has 0 saturated heterocycles. The average Bonchev–Trinajstić information content (AvgIpc) is 2.81. The molecule has 0 spiro atoms. The highest BCUT2D eigenvalue weighted by atomic mass is 16.6. The quantitative estimate of drug-likeness (QED) is 0.324. The molecule has 0 aliphatic carbocycles. The van der Waals surface area contributed by atoms with Crippen LogP contribution in [0.2, 0.25) is 0 Å². The SMILES string of the molecule is CC(C)(C)OCC(O)COC(COCCN(Cc1ccccc1)Cc1ccccc1)COC(C)(C)C. The first-order valence-electron chi connectivity index (χ1n) is 13.0. The summed E-state index contributed by atoms with van der Waals surface area (Å²) in [6.07, 6.45) is -0.973. The molecule has 1 N–H and O–H groups in total. The molecule has 202 valence electrons. The van der Waals surface area contributed by atoms with Crippen molar-refractivity contribution in [2.75, 3.05) is 39.6 Å². The highest BCUT2D eigenvalue weighted by molar-refractivity contribution is 5.17. The van der Waals surface area contributed by atoms with E-state index in [0.717, 1.165) is 19.6 Å². The van der Waals surface area contributed by atoms with Crippen LogP contribution in [-0.4, -0.2) is 73.0 Å². The molecule has 2 aromatic carbocycles. The van der Waals surface area contributed by atoms with Gasteiger partial charge in [-0.15, -0.1) is 0 Å². The maximum Gasteiger partial charge on any atom is 0.104 e. The molecule has 0 heterocycles. The van der Waals surface area contributed by atoms with Gasteiger partial charge in [-0.25, -0.2) is 0 Å². The van der Waals surface area contributed by atoms with E-state index in [9.17, 15) is 5.11 Å². The van der Waals surface area contributed by atoms with E-state index in [4.69, 9.17) is 18.9 Å². The first kappa shape index (κ1) is 30.4. The standard InChI is InChI=1S/C30H47NO5/c1-29(2,3)35-22-27(32)21-34-28(24-36-30(4,5)6)23-33-18-17-31(19-25-13-9-7-10-14-25)20-26-15-11-8-12-16-26/h7-16,27-28,32H,17-24H2,1-6H3. The Bertz CT molecular complexity index is 775. The van der Waals surface area contributed by atoms with Gasteiger partial charge in [0.2, 0.25) is 0 Å². The lowest BCUT2D eigenvalue weighted by molar-refractivity contribution is -0.125. The van der Waals surface area contributed by atoms with Gasteiger partial charge in [-0.1, -0.05) is 60.7 Å². The zero-order valence-corrected chi connectivity index (χ0v) is 23.1. The van der Waals surface area contributed by atoms with Crippen molar-refractivity contribution < 1.29 is 24.1 Å². The molecule has 0 bridgehead atoms. The van der Waals surface area contributed by atoms with Crippen molar-refractivity contribution in [1.82, 2.24) is 4.90 Å². The van der Waals surface area contributed by atoms with Crippen LogP contribution in [0.15, 0.2) is 60.7 Å². The molecular weight excluding hydrogens is 454 g/mol. The van der Waals surface area contributed by atoms with Crippen LogP contribution >= 0.6 is 0 Å². The summed E-state index contributed by atoms with van der Waals surface area (Å²) in [6, 6.07) is 21.0. The smallest absolute Gasteiger partial charge is 0.104 e. The van der Waals surface area contributed by atoms with E-state index < -0.39 is 6.10 Å². The monoisotopic (exact) mass is 501 g/mol. The molecule has 0 radical (unpaired) electrons. The number of nitrogens with zero attached hydrogens (tertiary/aromatic N) is 1. The number of hydrogen-bond donors (Lipinski definition) is 1. The van der Waals surface area contributed by atoms with Gasteiger partial charge in [-0.05, 0) is 52.7 Å². The Morgan fingerprint density at radius 1 is 0.694 bits per heavy atom. The van der Waals surface area contributed by atoms with E-state index in [-0.39, 0.29) is 30.5 Å². The van der Waals surface area contributed by atoms with Crippen LogP contribution < -0.4 is 0 Å². The molecule has 0 saturated carbocycles. The topological polar surface area (TPSA) is 60.4 Å². The van der Waals surface area contributed by atoms with E-state index >= 15 is 0 Å². The Balaban J connectivity index is 1.86. The highest BCUT2D eigenvalue weighted by Crippen LogP contribution is 2.12. The Hall–Kier alpha value is -1.80. The van der Waals surface area contributed by atoms with Crippen molar-refractivity contribution in [3.05, 3.63) is 71.8 Å². The summed E-state index contributed by atoms with van der Waals surface area (Å²) in [5, 5.41) is 10.3. The summed E-state index contributed by atoms with van der Waals surface area (Å²) >= 11 is 0. The highest BCUT2D eigenvalue weighted by Gasteiger charge is 2.19. The van der Waals surface area contributed by atoms with Crippen molar-refractivity contribution in [2.24, 2.45) is 0 Å². The Kier molecular flexibility index (Phi) is 13.1. The minimum atomic E-state index is -0.700. The summed E-state index contributed by atoms with van der Waals surface area (Å²) in [6.45, 7) is 16.2. The summed E-state index contributed by atoms with van der Waals surface area (Å²) in [7, 11) is 0. The van der Waals surface area contributed by atoms with E-state index in [1.807, 2.05) is 53.7 Å². The maximum absolute atomic E-state index is 10.3. The van der Waals surface area contributed by atoms with Gasteiger partial charge in [0.05, 0.1) is 44.2 Å². The molecule has 0 aliphatic rings. The molecule has 2 atom stereocenters. The first-order valence-corrected chi connectivity index (χ1v) is 13.0. The molecule has 0 aliphatic heterocycles. The van der Waals surface area contributed by atoms with Crippen LogP contribution in [0, 0.1) is 0 Å². The lowest BCUT2D eigenvalue weighted by Gasteiger charge is -2.27. The summed E-state index contributed by atoms with van der Waals surface area (Å²) in [5.74, 6) is 0. The molecular formula is C30H47NO5. The number of benzene rings is 2.